The summed E-state index contributed by atoms with van der Waals surface area (Å²) in [5.74, 6) is -0.272. The average Bonchev–Trinajstić information content (AvgIpc) is 3.32. The largest absolute Gasteiger partial charge is 0.393 e. The molecule has 1 aromatic carbocycles. The monoisotopic (exact) mass is 424 g/mol. The number of aromatic nitrogens is 3. The lowest BCUT2D eigenvalue weighted by molar-refractivity contribution is -0.135. The molecule has 1 aliphatic carbocycles. The van der Waals surface area contributed by atoms with E-state index in [9.17, 15) is 9.90 Å². The molecule has 0 spiro atoms. The number of carbonyl (C=O) groups excluding carboxylic acids is 1. The predicted octanol–water partition coefficient (Wildman–Crippen LogP) is 3.82. The number of carbonyl (C=O) groups is 1. The molecule has 1 atom stereocenters. The molecule has 0 radical (unpaired) electrons. The Morgan fingerprint density at radius 2 is 2.10 bits per heavy atom. The molecule has 2 heterocycles. The van der Waals surface area contributed by atoms with E-state index in [1.54, 1.807) is 7.05 Å². The van der Waals surface area contributed by atoms with Crippen molar-refractivity contribution in [1.29, 1.82) is 0 Å². The Balaban J connectivity index is 1.61. The molecule has 0 saturated carbocycles. The number of H-pyrrole nitrogens is 2. The highest BCUT2D eigenvalue weighted by atomic mass is 16.5. The number of rotatable bonds is 6. The van der Waals surface area contributed by atoms with E-state index in [0.717, 1.165) is 47.2 Å². The van der Waals surface area contributed by atoms with Gasteiger partial charge in [0.15, 0.2) is 6.10 Å². The van der Waals surface area contributed by atoms with Gasteiger partial charge < -0.3 is 19.7 Å². The zero-order valence-corrected chi connectivity index (χ0v) is 19.0. The number of nitrogens with one attached hydrogen (secondary N) is 2. The molecule has 1 amide bonds. The fraction of sp³-hybridized carbons (Fsp3) is 0.500. The molecule has 0 bridgehead atoms. The van der Waals surface area contributed by atoms with Gasteiger partial charge in [0, 0.05) is 34.9 Å². The fourth-order valence-corrected chi connectivity index (χ4v) is 4.37. The lowest BCUT2D eigenvalue weighted by Gasteiger charge is -2.28. The summed E-state index contributed by atoms with van der Waals surface area (Å²) < 4.78 is 5.55. The molecular weight excluding hydrogens is 392 g/mol. The topological polar surface area (TPSA) is 94.2 Å². The minimum Gasteiger partial charge on any atom is -0.393 e. The lowest BCUT2D eigenvalue weighted by atomic mass is 9.76. The Morgan fingerprint density at radius 1 is 1.32 bits per heavy atom. The van der Waals surface area contributed by atoms with Crippen molar-refractivity contribution in [2.45, 2.75) is 59.2 Å². The zero-order chi connectivity index (χ0) is 22.3. The summed E-state index contributed by atoms with van der Waals surface area (Å²) in [6.45, 7) is 7.93. The van der Waals surface area contributed by atoms with E-state index in [0.29, 0.717) is 5.41 Å². The van der Waals surface area contributed by atoms with Crippen LogP contribution in [0.1, 0.15) is 45.4 Å². The molecule has 0 aliphatic heterocycles. The van der Waals surface area contributed by atoms with Crippen molar-refractivity contribution < 1.29 is 14.6 Å². The van der Waals surface area contributed by atoms with E-state index in [4.69, 9.17) is 4.74 Å². The first kappa shape index (κ1) is 21.6. The minimum absolute atomic E-state index is 0.145. The SMILES string of the molecule is CC(C)OC(CO)C(=O)N(C)c1ccc2cc(-c3n[nH]c4c3CCC(C)(C)C4)[nH]c2c1. The second kappa shape index (κ2) is 8.13. The molecule has 166 valence electrons. The molecule has 3 aromatic rings. The van der Waals surface area contributed by atoms with Crippen LogP contribution in [0.5, 0.6) is 0 Å². The summed E-state index contributed by atoms with van der Waals surface area (Å²) in [6, 6.07) is 7.95. The van der Waals surface area contributed by atoms with Crippen LogP contribution in [0.2, 0.25) is 0 Å². The van der Waals surface area contributed by atoms with Crippen molar-refractivity contribution in [3.63, 3.8) is 0 Å². The van der Waals surface area contributed by atoms with Crippen LogP contribution < -0.4 is 4.90 Å². The Kier molecular flexibility index (Phi) is 5.66. The highest BCUT2D eigenvalue weighted by Crippen LogP contribution is 2.38. The summed E-state index contributed by atoms with van der Waals surface area (Å²) in [6.07, 6.45) is 2.16. The van der Waals surface area contributed by atoms with Crippen LogP contribution in [-0.4, -0.2) is 52.1 Å². The molecule has 0 fully saturated rings. The number of aromatic amines is 2. The second-order valence-electron chi connectivity index (χ2n) is 9.58. The van der Waals surface area contributed by atoms with E-state index < -0.39 is 6.10 Å². The number of hydrogen-bond donors (Lipinski definition) is 3. The number of hydrogen-bond acceptors (Lipinski definition) is 4. The average molecular weight is 425 g/mol. The molecule has 1 unspecified atom stereocenters. The quantitative estimate of drug-likeness (QED) is 0.561. The van der Waals surface area contributed by atoms with Crippen molar-refractivity contribution >= 4 is 22.5 Å². The van der Waals surface area contributed by atoms with E-state index >= 15 is 0 Å². The van der Waals surface area contributed by atoms with Crippen molar-refractivity contribution in [3.8, 4) is 11.4 Å². The third kappa shape index (κ3) is 4.25. The van der Waals surface area contributed by atoms with Gasteiger partial charge in [-0.15, -0.1) is 0 Å². The Hall–Kier alpha value is -2.64. The Labute approximate surface area is 182 Å². The molecule has 1 aliphatic rings. The number of ether oxygens (including phenoxy) is 1. The molecule has 4 rings (SSSR count). The predicted molar refractivity (Wildman–Crippen MR) is 122 cm³/mol. The van der Waals surface area contributed by atoms with Gasteiger partial charge in [-0.1, -0.05) is 19.9 Å². The van der Waals surface area contributed by atoms with Crippen molar-refractivity contribution in [2.24, 2.45) is 5.41 Å². The zero-order valence-electron chi connectivity index (χ0n) is 19.0. The van der Waals surface area contributed by atoms with Gasteiger partial charge in [0.25, 0.3) is 5.91 Å². The summed E-state index contributed by atoms with van der Waals surface area (Å²) in [4.78, 5) is 17.8. The molecule has 31 heavy (non-hydrogen) atoms. The van der Waals surface area contributed by atoms with Crippen LogP contribution in [-0.2, 0) is 22.4 Å². The minimum atomic E-state index is -0.875. The third-order valence-corrected chi connectivity index (χ3v) is 6.12. The molecule has 7 nitrogen and oxygen atoms in total. The van der Waals surface area contributed by atoms with Crippen LogP contribution in [0.25, 0.3) is 22.3 Å². The van der Waals surface area contributed by atoms with E-state index in [-0.39, 0.29) is 18.6 Å². The number of aliphatic hydroxyl groups is 1. The van der Waals surface area contributed by atoms with Gasteiger partial charge in [-0.05, 0) is 56.7 Å². The van der Waals surface area contributed by atoms with Gasteiger partial charge in [0.2, 0.25) is 0 Å². The number of nitrogens with zero attached hydrogens (tertiary/aromatic N) is 2. The van der Waals surface area contributed by atoms with Crippen LogP contribution in [0, 0.1) is 5.41 Å². The maximum absolute atomic E-state index is 12.8. The van der Waals surface area contributed by atoms with Gasteiger partial charge in [0.1, 0.15) is 5.69 Å². The number of anilines is 1. The number of fused-ring (bicyclic) bond motifs is 2. The van der Waals surface area contributed by atoms with E-state index in [1.807, 2.05) is 32.0 Å². The number of aliphatic hydroxyl groups excluding tert-OH is 1. The van der Waals surface area contributed by atoms with Crippen LogP contribution in [0.15, 0.2) is 24.3 Å². The Morgan fingerprint density at radius 3 is 2.81 bits per heavy atom. The smallest absolute Gasteiger partial charge is 0.258 e. The number of amides is 1. The summed E-state index contributed by atoms with van der Waals surface area (Å²) in [5, 5.41) is 18.5. The van der Waals surface area contributed by atoms with Gasteiger partial charge in [-0.3, -0.25) is 9.89 Å². The third-order valence-electron chi connectivity index (χ3n) is 6.12. The maximum atomic E-state index is 12.8. The first-order valence-corrected chi connectivity index (χ1v) is 10.9. The van der Waals surface area contributed by atoms with Crippen LogP contribution >= 0.6 is 0 Å². The maximum Gasteiger partial charge on any atom is 0.258 e. The first-order valence-electron chi connectivity index (χ1n) is 10.9. The van der Waals surface area contributed by atoms with E-state index in [2.05, 4.69) is 35.1 Å². The van der Waals surface area contributed by atoms with Gasteiger partial charge in [0.05, 0.1) is 18.4 Å². The number of benzene rings is 1. The van der Waals surface area contributed by atoms with Crippen molar-refractivity contribution in [2.75, 3.05) is 18.6 Å². The molecular formula is C24H32N4O3. The highest BCUT2D eigenvalue weighted by molar-refractivity contribution is 5.98. The molecule has 3 N–H and O–H groups in total. The van der Waals surface area contributed by atoms with Crippen molar-refractivity contribution in [1.82, 2.24) is 15.2 Å². The molecule has 0 saturated heterocycles. The first-order chi connectivity index (χ1) is 14.7. The normalized spacial score (nSPS) is 16.5. The fourth-order valence-electron chi connectivity index (χ4n) is 4.37. The van der Waals surface area contributed by atoms with Crippen molar-refractivity contribution in [3.05, 3.63) is 35.5 Å². The second-order valence-corrected chi connectivity index (χ2v) is 9.58. The molecule has 2 aromatic heterocycles. The van der Waals surface area contributed by atoms with Gasteiger partial charge in [-0.25, -0.2) is 0 Å². The van der Waals surface area contributed by atoms with E-state index in [1.165, 1.54) is 16.2 Å². The highest BCUT2D eigenvalue weighted by Gasteiger charge is 2.29. The van der Waals surface area contributed by atoms with Gasteiger partial charge in [-0.2, -0.15) is 5.10 Å². The molecule has 7 heteroatoms. The Bertz CT molecular complexity index is 1100. The lowest BCUT2D eigenvalue weighted by Crippen LogP contribution is -2.41. The van der Waals surface area contributed by atoms with Crippen LogP contribution in [0.4, 0.5) is 5.69 Å². The van der Waals surface area contributed by atoms with Crippen LogP contribution in [0.3, 0.4) is 0 Å². The summed E-state index contributed by atoms with van der Waals surface area (Å²) in [5.41, 5.74) is 6.47. The summed E-state index contributed by atoms with van der Waals surface area (Å²) >= 11 is 0. The standard InChI is InChI=1S/C24H32N4O3/c1-14(2)31-21(13-29)23(30)28(5)16-7-6-15-10-19(25-18(15)11-16)22-17-8-9-24(3,4)12-20(17)26-27-22/h6-7,10-11,14,21,25,29H,8-9,12-13H2,1-5H3,(H,26,27). The summed E-state index contributed by atoms with van der Waals surface area (Å²) in [7, 11) is 1.70. The van der Waals surface area contributed by atoms with Gasteiger partial charge >= 0.3 is 0 Å². The number of likely N-dealkylation sites (N-methyl/N-ethyl adjacent to an activating group) is 1.